The lowest BCUT2D eigenvalue weighted by molar-refractivity contribution is 0.102. The number of anilines is 1. The van der Waals surface area contributed by atoms with Gasteiger partial charge in [0.25, 0.3) is 5.91 Å². The number of nitrogens with zero attached hydrogens (tertiary/aromatic N) is 2. The Morgan fingerprint density at radius 2 is 1.74 bits per heavy atom. The number of ether oxygens (including phenoxy) is 2. The highest BCUT2D eigenvalue weighted by atomic mass is 32.2. The van der Waals surface area contributed by atoms with Gasteiger partial charge in [0.15, 0.2) is 11.5 Å². The first-order valence-corrected chi connectivity index (χ1v) is 12.9. The monoisotopic (exact) mass is 495 g/mol. The van der Waals surface area contributed by atoms with Gasteiger partial charge in [-0.05, 0) is 67.3 Å². The first kappa shape index (κ1) is 24.7. The van der Waals surface area contributed by atoms with Crippen molar-refractivity contribution in [3.63, 3.8) is 0 Å². The number of aromatic nitrogens is 1. The third-order valence-corrected chi connectivity index (χ3v) is 7.87. The summed E-state index contributed by atoms with van der Waals surface area (Å²) in [6, 6.07) is 13.5. The van der Waals surface area contributed by atoms with E-state index in [1.165, 1.54) is 10.4 Å². The zero-order valence-corrected chi connectivity index (χ0v) is 20.7. The van der Waals surface area contributed by atoms with Gasteiger partial charge in [-0.25, -0.2) is 8.42 Å². The van der Waals surface area contributed by atoms with Crippen LogP contribution in [0.4, 0.5) is 5.69 Å². The fourth-order valence-corrected chi connectivity index (χ4v) is 5.51. The minimum absolute atomic E-state index is 0.131. The molecule has 4 rings (SSSR count). The number of hydrogen-bond acceptors (Lipinski definition) is 6. The van der Waals surface area contributed by atoms with Crippen LogP contribution in [0.25, 0.3) is 0 Å². The van der Waals surface area contributed by atoms with E-state index in [1.54, 1.807) is 56.8 Å². The van der Waals surface area contributed by atoms with Crippen LogP contribution in [-0.4, -0.2) is 43.8 Å². The summed E-state index contributed by atoms with van der Waals surface area (Å²) in [5.74, 6) is 0.603. The van der Waals surface area contributed by atoms with Crippen molar-refractivity contribution < 1.29 is 22.7 Å². The SMILES string of the molecule is COc1ccc(NC(=O)c2cc(S(=O)(=O)N3CCCCC3)ccc2C)cc1OCc1ccncc1. The molecular weight excluding hydrogens is 466 g/mol. The molecule has 8 nitrogen and oxygen atoms in total. The van der Waals surface area contributed by atoms with Gasteiger partial charge in [-0.3, -0.25) is 9.78 Å². The molecule has 1 amide bonds. The number of methoxy groups -OCH3 is 1. The zero-order valence-electron chi connectivity index (χ0n) is 19.9. The third kappa shape index (κ3) is 5.80. The topological polar surface area (TPSA) is 97.8 Å². The lowest BCUT2D eigenvalue weighted by atomic mass is 10.1. The van der Waals surface area contributed by atoms with E-state index in [2.05, 4.69) is 10.3 Å². The maximum Gasteiger partial charge on any atom is 0.255 e. The summed E-state index contributed by atoms with van der Waals surface area (Å²) in [6.07, 6.45) is 6.11. The molecule has 0 spiro atoms. The highest BCUT2D eigenvalue weighted by Crippen LogP contribution is 2.31. The van der Waals surface area contributed by atoms with Gasteiger partial charge in [-0.2, -0.15) is 4.31 Å². The van der Waals surface area contributed by atoms with Crippen molar-refractivity contribution in [1.29, 1.82) is 0 Å². The van der Waals surface area contributed by atoms with Crippen LogP contribution in [0.1, 0.15) is 40.7 Å². The van der Waals surface area contributed by atoms with Crippen molar-refractivity contribution in [2.45, 2.75) is 37.7 Å². The van der Waals surface area contributed by atoms with Crippen molar-refractivity contribution in [2.24, 2.45) is 0 Å². The van der Waals surface area contributed by atoms with Crippen LogP contribution in [-0.2, 0) is 16.6 Å². The van der Waals surface area contributed by atoms with Gasteiger partial charge in [0, 0.05) is 42.8 Å². The summed E-state index contributed by atoms with van der Waals surface area (Å²) >= 11 is 0. The standard InChI is InChI=1S/C26H29N3O5S/c1-19-6-8-22(35(31,32)29-14-4-3-5-15-29)17-23(19)26(30)28-21-7-9-24(33-2)25(16-21)34-18-20-10-12-27-13-11-20/h6-13,16-17H,3-5,14-15,18H2,1-2H3,(H,28,30). The fraction of sp³-hybridized carbons (Fsp3) is 0.308. The largest absolute Gasteiger partial charge is 0.493 e. The summed E-state index contributed by atoms with van der Waals surface area (Å²) in [5, 5.41) is 2.85. The molecule has 35 heavy (non-hydrogen) atoms. The van der Waals surface area contributed by atoms with Gasteiger partial charge in [0.05, 0.1) is 12.0 Å². The molecule has 1 aliphatic heterocycles. The second-order valence-corrected chi connectivity index (χ2v) is 10.3. The predicted octanol–water partition coefficient (Wildman–Crippen LogP) is 4.40. The maximum atomic E-state index is 13.1. The van der Waals surface area contributed by atoms with Crippen molar-refractivity contribution in [3.05, 3.63) is 77.6 Å². The van der Waals surface area contributed by atoms with E-state index in [-0.39, 0.29) is 4.90 Å². The van der Waals surface area contributed by atoms with Gasteiger partial charge in [0.2, 0.25) is 10.0 Å². The lowest BCUT2D eigenvalue weighted by Gasteiger charge is -2.26. The quantitative estimate of drug-likeness (QED) is 0.497. The number of hydrogen-bond donors (Lipinski definition) is 1. The number of carbonyl (C=O) groups is 1. The van der Waals surface area contributed by atoms with Crippen LogP contribution in [0, 0.1) is 6.92 Å². The van der Waals surface area contributed by atoms with E-state index < -0.39 is 15.9 Å². The second kappa shape index (κ2) is 10.9. The van der Waals surface area contributed by atoms with Crippen molar-refractivity contribution in [1.82, 2.24) is 9.29 Å². The predicted molar refractivity (Wildman–Crippen MR) is 133 cm³/mol. The Morgan fingerprint density at radius 3 is 2.46 bits per heavy atom. The highest BCUT2D eigenvalue weighted by Gasteiger charge is 2.27. The average Bonchev–Trinajstić information content (AvgIpc) is 2.88. The van der Waals surface area contributed by atoms with Crippen molar-refractivity contribution >= 4 is 21.6 Å². The minimum atomic E-state index is -3.64. The first-order chi connectivity index (χ1) is 16.9. The summed E-state index contributed by atoms with van der Waals surface area (Å²) in [7, 11) is -2.10. The van der Waals surface area contributed by atoms with Crippen LogP contribution in [0.15, 0.2) is 65.8 Å². The molecule has 0 radical (unpaired) electrons. The lowest BCUT2D eigenvalue weighted by Crippen LogP contribution is -2.35. The number of aryl methyl sites for hydroxylation is 1. The molecule has 0 atom stereocenters. The van der Waals surface area contributed by atoms with Crippen molar-refractivity contribution in [2.75, 3.05) is 25.5 Å². The Morgan fingerprint density at radius 1 is 1.00 bits per heavy atom. The van der Waals surface area contributed by atoms with Crippen LogP contribution >= 0.6 is 0 Å². The Balaban J connectivity index is 1.53. The van der Waals surface area contributed by atoms with Crippen LogP contribution < -0.4 is 14.8 Å². The first-order valence-electron chi connectivity index (χ1n) is 11.5. The smallest absolute Gasteiger partial charge is 0.255 e. The van der Waals surface area contributed by atoms with E-state index >= 15 is 0 Å². The Hall–Kier alpha value is -3.43. The number of nitrogens with one attached hydrogen (secondary N) is 1. The number of benzene rings is 2. The number of pyridine rings is 1. The normalized spacial score (nSPS) is 14.3. The zero-order chi connectivity index (χ0) is 24.8. The molecule has 1 N–H and O–H groups in total. The highest BCUT2D eigenvalue weighted by molar-refractivity contribution is 7.89. The third-order valence-electron chi connectivity index (χ3n) is 5.97. The molecule has 2 heterocycles. The molecule has 0 aliphatic carbocycles. The molecule has 1 aromatic heterocycles. The molecule has 3 aromatic rings. The van der Waals surface area contributed by atoms with Crippen LogP contribution in [0.5, 0.6) is 11.5 Å². The van der Waals surface area contributed by atoms with Crippen LogP contribution in [0.3, 0.4) is 0 Å². The second-order valence-electron chi connectivity index (χ2n) is 8.41. The number of carbonyl (C=O) groups excluding carboxylic acids is 1. The minimum Gasteiger partial charge on any atom is -0.493 e. The van der Waals surface area contributed by atoms with E-state index in [0.717, 1.165) is 24.8 Å². The maximum absolute atomic E-state index is 13.1. The van der Waals surface area contributed by atoms with E-state index in [1.807, 2.05) is 12.1 Å². The molecule has 0 bridgehead atoms. The summed E-state index contributed by atoms with van der Waals surface area (Å²) in [4.78, 5) is 17.3. The van der Waals surface area contributed by atoms with Gasteiger partial charge < -0.3 is 14.8 Å². The number of rotatable bonds is 8. The molecule has 184 valence electrons. The Kier molecular flexibility index (Phi) is 7.67. The molecule has 1 saturated heterocycles. The molecule has 2 aromatic carbocycles. The van der Waals surface area contributed by atoms with E-state index in [0.29, 0.717) is 48.0 Å². The number of amides is 1. The molecular formula is C26H29N3O5S. The van der Waals surface area contributed by atoms with Gasteiger partial charge in [-0.1, -0.05) is 12.5 Å². The van der Waals surface area contributed by atoms with E-state index in [9.17, 15) is 13.2 Å². The number of sulfonamides is 1. The van der Waals surface area contributed by atoms with Gasteiger partial charge in [-0.15, -0.1) is 0 Å². The van der Waals surface area contributed by atoms with Gasteiger partial charge >= 0.3 is 0 Å². The Labute approximate surface area is 206 Å². The molecule has 9 heteroatoms. The molecule has 1 aliphatic rings. The average molecular weight is 496 g/mol. The molecule has 1 fully saturated rings. The summed E-state index contributed by atoms with van der Waals surface area (Å²) < 4.78 is 39.0. The summed E-state index contributed by atoms with van der Waals surface area (Å²) in [5.41, 5.74) is 2.43. The number of piperidine rings is 1. The van der Waals surface area contributed by atoms with E-state index in [4.69, 9.17) is 9.47 Å². The summed E-state index contributed by atoms with van der Waals surface area (Å²) in [6.45, 7) is 3.10. The van der Waals surface area contributed by atoms with Crippen LogP contribution in [0.2, 0.25) is 0 Å². The van der Waals surface area contributed by atoms with Gasteiger partial charge in [0.1, 0.15) is 6.61 Å². The van der Waals surface area contributed by atoms with Crippen molar-refractivity contribution in [3.8, 4) is 11.5 Å². The fourth-order valence-electron chi connectivity index (χ4n) is 3.97. The Bertz CT molecular complexity index is 1290. The molecule has 0 unspecified atom stereocenters. The molecule has 0 saturated carbocycles.